The normalized spacial score (nSPS) is 43.0. The van der Waals surface area contributed by atoms with Gasteiger partial charge in [-0.1, -0.05) is 15.9 Å². The Hall–Kier alpha value is -0.0900. The highest BCUT2D eigenvalue weighted by atomic mass is 79.9. The zero-order chi connectivity index (χ0) is 16.2. The summed E-state index contributed by atoms with van der Waals surface area (Å²) in [6, 6.07) is 1.21. The van der Waals surface area contributed by atoms with Gasteiger partial charge >= 0.3 is 0 Å². The first kappa shape index (κ1) is 16.4. The van der Waals surface area contributed by atoms with Crippen molar-refractivity contribution in [3.63, 3.8) is 0 Å². The first-order valence-electron chi connectivity index (χ1n) is 9.54. The molecule has 0 aromatic rings. The second-order valence-corrected chi connectivity index (χ2v) is 11.0. The number of rotatable bonds is 6. The third-order valence-corrected chi connectivity index (χ3v) is 7.99. The molecule has 5 fully saturated rings. The largest absolute Gasteiger partial charge is 0.355 e. The molecular formula is C19H31BrN2O. The third-order valence-electron chi connectivity index (χ3n) is 7.06. The van der Waals surface area contributed by atoms with Gasteiger partial charge in [0.25, 0.3) is 0 Å². The summed E-state index contributed by atoms with van der Waals surface area (Å²) in [6.07, 6.45) is 11.3. The van der Waals surface area contributed by atoms with Crippen molar-refractivity contribution in [1.29, 1.82) is 0 Å². The first-order chi connectivity index (χ1) is 10.9. The second kappa shape index (κ2) is 5.72. The van der Waals surface area contributed by atoms with Crippen LogP contribution in [0.15, 0.2) is 0 Å². The van der Waals surface area contributed by atoms with Crippen LogP contribution in [-0.2, 0) is 4.79 Å². The molecule has 5 aliphatic rings. The van der Waals surface area contributed by atoms with Crippen molar-refractivity contribution in [3.8, 4) is 0 Å². The SMILES string of the molecule is CC(CNC(=O)CC12CC3CC(CC(Br)(C3)C1)C2)N(C)C1CC1. The molecule has 5 saturated carbocycles. The summed E-state index contributed by atoms with van der Waals surface area (Å²) in [6.45, 7) is 3.03. The molecule has 23 heavy (non-hydrogen) atoms. The van der Waals surface area contributed by atoms with Crippen LogP contribution in [0.1, 0.15) is 64.7 Å². The van der Waals surface area contributed by atoms with Gasteiger partial charge in [-0.05, 0) is 82.6 Å². The predicted molar refractivity (Wildman–Crippen MR) is 96.6 cm³/mol. The van der Waals surface area contributed by atoms with Gasteiger partial charge in [0.15, 0.2) is 0 Å². The molecule has 4 bridgehead atoms. The number of hydrogen-bond donors (Lipinski definition) is 1. The van der Waals surface area contributed by atoms with E-state index in [4.69, 9.17) is 0 Å². The van der Waals surface area contributed by atoms with Gasteiger partial charge in [-0.3, -0.25) is 9.69 Å². The molecule has 0 saturated heterocycles. The van der Waals surface area contributed by atoms with Crippen LogP contribution in [0.3, 0.4) is 0 Å². The van der Waals surface area contributed by atoms with Crippen LogP contribution in [-0.4, -0.2) is 40.8 Å². The van der Waals surface area contributed by atoms with Gasteiger partial charge < -0.3 is 5.32 Å². The Morgan fingerprint density at radius 1 is 1.26 bits per heavy atom. The zero-order valence-corrected chi connectivity index (χ0v) is 16.2. The highest BCUT2D eigenvalue weighted by Crippen LogP contribution is 2.65. The molecule has 1 N–H and O–H groups in total. The highest BCUT2D eigenvalue weighted by Gasteiger charge is 2.57. The summed E-state index contributed by atoms with van der Waals surface area (Å²) in [5.74, 6) is 2.02. The van der Waals surface area contributed by atoms with Gasteiger partial charge in [0, 0.05) is 29.4 Å². The van der Waals surface area contributed by atoms with Crippen LogP contribution in [0.4, 0.5) is 0 Å². The molecule has 0 aromatic heterocycles. The summed E-state index contributed by atoms with van der Waals surface area (Å²) in [5, 5.41) is 3.24. The lowest BCUT2D eigenvalue weighted by Crippen LogP contribution is -2.54. The lowest BCUT2D eigenvalue weighted by Gasteiger charge is -2.60. The van der Waals surface area contributed by atoms with Crippen LogP contribution < -0.4 is 5.32 Å². The Labute approximate surface area is 149 Å². The lowest BCUT2D eigenvalue weighted by atomic mass is 9.48. The van der Waals surface area contributed by atoms with Crippen molar-refractivity contribution in [1.82, 2.24) is 10.2 Å². The van der Waals surface area contributed by atoms with Crippen LogP contribution >= 0.6 is 15.9 Å². The Balaban J connectivity index is 1.32. The molecule has 5 aliphatic carbocycles. The molecule has 0 aliphatic heterocycles. The topological polar surface area (TPSA) is 32.3 Å². The molecule has 0 aromatic carbocycles. The van der Waals surface area contributed by atoms with Gasteiger partial charge in [0.05, 0.1) is 0 Å². The van der Waals surface area contributed by atoms with Crippen LogP contribution in [0, 0.1) is 17.3 Å². The van der Waals surface area contributed by atoms with Crippen LogP contribution in [0.2, 0.25) is 0 Å². The fraction of sp³-hybridized carbons (Fsp3) is 0.947. The molecule has 3 nitrogen and oxygen atoms in total. The summed E-state index contributed by atoms with van der Waals surface area (Å²) < 4.78 is 0.358. The number of hydrogen-bond acceptors (Lipinski definition) is 2. The van der Waals surface area contributed by atoms with E-state index in [-0.39, 0.29) is 0 Å². The first-order valence-corrected chi connectivity index (χ1v) is 10.3. The minimum absolute atomic E-state index is 0.291. The van der Waals surface area contributed by atoms with E-state index in [1.54, 1.807) is 0 Å². The predicted octanol–water partition coefficient (Wildman–Crippen LogP) is 3.71. The van der Waals surface area contributed by atoms with Gasteiger partial charge in [-0.15, -0.1) is 0 Å². The van der Waals surface area contributed by atoms with Crippen molar-refractivity contribution in [2.75, 3.05) is 13.6 Å². The number of likely N-dealkylation sites (N-methyl/N-ethyl adjacent to an activating group) is 1. The Bertz CT molecular complexity index is 476. The molecule has 130 valence electrons. The number of halogens is 1. The lowest BCUT2D eigenvalue weighted by molar-refractivity contribution is -0.128. The fourth-order valence-electron chi connectivity index (χ4n) is 6.19. The van der Waals surface area contributed by atoms with E-state index in [9.17, 15) is 4.79 Å². The molecule has 3 unspecified atom stereocenters. The Kier molecular flexibility index (Phi) is 4.08. The van der Waals surface area contributed by atoms with E-state index in [0.29, 0.717) is 21.7 Å². The van der Waals surface area contributed by atoms with E-state index in [1.807, 2.05) is 0 Å². The van der Waals surface area contributed by atoms with E-state index in [1.165, 1.54) is 51.4 Å². The molecule has 5 rings (SSSR count). The average molecular weight is 383 g/mol. The maximum absolute atomic E-state index is 12.6. The molecule has 0 radical (unpaired) electrons. The highest BCUT2D eigenvalue weighted by molar-refractivity contribution is 9.10. The summed E-state index contributed by atoms with van der Waals surface area (Å²) in [5.41, 5.74) is 0.295. The maximum Gasteiger partial charge on any atom is 0.220 e. The minimum atomic E-state index is 0.291. The van der Waals surface area contributed by atoms with Crippen LogP contribution in [0.5, 0.6) is 0 Å². The van der Waals surface area contributed by atoms with Gasteiger partial charge in [0.2, 0.25) is 5.91 Å². The number of carbonyl (C=O) groups excluding carboxylic acids is 1. The third kappa shape index (κ3) is 3.35. The standard InChI is InChI=1S/C19H31BrN2O/c1-13(22(2)16-3-4-16)11-21-17(23)10-18-6-14-5-15(7-18)9-19(20,8-14)12-18/h13-16H,3-12H2,1-2H3,(H,21,23). The van der Waals surface area contributed by atoms with Crippen molar-refractivity contribution in [2.45, 2.75) is 81.1 Å². The Morgan fingerprint density at radius 2 is 1.91 bits per heavy atom. The zero-order valence-electron chi connectivity index (χ0n) is 14.6. The monoisotopic (exact) mass is 382 g/mol. The van der Waals surface area contributed by atoms with Gasteiger partial charge in [0.1, 0.15) is 0 Å². The van der Waals surface area contributed by atoms with Gasteiger partial charge in [-0.2, -0.15) is 0 Å². The van der Waals surface area contributed by atoms with Crippen molar-refractivity contribution < 1.29 is 4.79 Å². The van der Waals surface area contributed by atoms with E-state index < -0.39 is 0 Å². The second-order valence-electron chi connectivity index (χ2n) is 9.34. The molecule has 0 spiro atoms. The van der Waals surface area contributed by atoms with Gasteiger partial charge in [-0.25, -0.2) is 0 Å². The van der Waals surface area contributed by atoms with Crippen molar-refractivity contribution in [3.05, 3.63) is 0 Å². The van der Waals surface area contributed by atoms with Crippen molar-refractivity contribution >= 4 is 21.8 Å². The average Bonchev–Trinajstić information content (AvgIpc) is 3.25. The quantitative estimate of drug-likeness (QED) is 0.710. The maximum atomic E-state index is 12.6. The summed E-state index contributed by atoms with van der Waals surface area (Å²) >= 11 is 4.05. The number of nitrogens with zero attached hydrogens (tertiary/aromatic N) is 1. The smallest absolute Gasteiger partial charge is 0.220 e. The number of nitrogens with one attached hydrogen (secondary N) is 1. The summed E-state index contributed by atoms with van der Waals surface area (Å²) in [4.78, 5) is 15.0. The van der Waals surface area contributed by atoms with Crippen molar-refractivity contribution in [2.24, 2.45) is 17.3 Å². The van der Waals surface area contributed by atoms with E-state index >= 15 is 0 Å². The van der Waals surface area contributed by atoms with Crippen LogP contribution in [0.25, 0.3) is 0 Å². The van der Waals surface area contributed by atoms with E-state index in [2.05, 4.69) is 40.1 Å². The number of carbonyl (C=O) groups is 1. The minimum Gasteiger partial charge on any atom is -0.355 e. The Morgan fingerprint density at radius 3 is 2.48 bits per heavy atom. The summed E-state index contributed by atoms with van der Waals surface area (Å²) in [7, 11) is 2.20. The molecule has 1 amide bonds. The molecule has 4 heteroatoms. The number of amides is 1. The molecular weight excluding hydrogens is 352 g/mol. The van der Waals surface area contributed by atoms with E-state index in [0.717, 1.165) is 30.8 Å². The molecule has 3 atom stereocenters. The molecule has 0 heterocycles. The fourth-order valence-corrected chi connectivity index (χ4v) is 7.70. The number of alkyl halides is 1.